The summed E-state index contributed by atoms with van der Waals surface area (Å²) in [5, 5.41) is 19.0. The molecule has 1 atom stereocenters. The first-order valence-corrected chi connectivity index (χ1v) is 11.6. The lowest BCUT2D eigenvalue weighted by Gasteiger charge is -2.38. The molecule has 1 aromatic carbocycles. The molecule has 0 fully saturated rings. The normalized spacial score (nSPS) is 15.3. The van der Waals surface area contributed by atoms with Crippen molar-refractivity contribution in [3.05, 3.63) is 82.0 Å². The summed E-state index contributed by atoms with van der Waals surface area (Å²) in [7, 11) is 0. The highest BCUT2D eigenvalue weighted by Crippen LogP contribution is 2.45. The molecule has 176 valence electrons. The quantitative estimate of drug-likeness (QED) is 0.313. The van der Waals surface area contributed by atoms with Crippen LogP contribution in [0.25, 0.3) is 17.0 Å². The number of allylic oxidation sites excluding steroid dienone is 1. The van der Waals surface area contributed by atoms with E-state index in [1.165, 1.54) is 17.4 Å². The van der Waals surface area contributed by atoms with Crippen molar-refractivity contribution < 1.29 is 4.39 Å². The van der Waals surface area contributed by atoms with Crippen LogP contribution in [0.3, 0.4) is 0 Å². The molecule has 0 amide bonds. The summed E-state index contributed by atoms with van der Waals surface area (Å²) >= 11 is 1.36. The van der Waals surface area contributed by atoms with Gasteiger partial charge in [-0.1, -0.05) is 18.2 Å². The van der Waals surface area contributed by atoms with E-state index in [4.69, 9.17) is 16.1 Å². The summed E-state index contributed by atoms with van der Waals surface area (Å²) in [5.74, 6) is 1.69. The number of halogens is 1. The highest BCUT2D eigenvalue weighted by atomic mass is 32.1. The van der Waals surface area contributed by atoms with Gasteiger partial charge in [-0.2, -0.15) is 0 Å². The van der Waals surface area contributed by atoms with Crippen LogP contribution in [-0.2, 0) is 0 Å². The van der Waals surface area contributed by atoms with Gasteiger partial charge in [-0.25, -0.2) is 19.3 Å². The van der Waals surface area contributed by atoms with Crippen molar-refractivity contribution in [3.8, 4) is 5.69 Å². The van der Waals surface area contributed by atoms with Gasteiger partial charge in [-0.05, 0) is 38.5 Å². The van der Waals surface area contributed by atoms with E-state index < -0.39 is 6.04 Å². The van der Waals surface area contributed by atoms with E-state index in [1.807, 2.05) is 29.4 Å². The van der Waals surface area contributed by atoms with Crippen molar-refractivity contribution in [2.45, 2.75) is 26.8 Å². The highest BCUT2D eigenvalue weighted by Gasteiger charge is 2.37. The van der Waals surface area contributed by atoms with Gasteiger partial charge in [-0.3, -0.25) is 4.57 Å². The SMILES string of the molecule is C=C(C)[C@H]1c2nnc(C)n2-c2cnc(/C(C=N)=C(/N)c3nccs3)nc2N1c1ccc(C)c(F)c1. The molecule has 9 nitrogen and oxygen atoms in total. The number of aryl methyl sites for hydroxylation is 2. The third-order valence-electron chi connectivity index (χ3n) is 5.81. The molecule has 3 N–H and O–H groups in total. The Morgan fingerprint density at radius 2 is 2.06 bits per heavy atom. The number of nitrogens with zero attached hydrogens (tertiary/aromatic N) is 7. The van der Waals surface area contributed by atoms with Crippen LogP contribution in [0.15, 0.2) is 48.1 Å². The molecule has 0 spiro atoms. The fourth-order valence-corrected chi connectivity index (χ4v) is 4.71. The molecule has 0 saturated heterocycles. The molecule has 0 aliphatic carbocycles. The molecule has 1 aliphatic rings. The van der Waals surface area contributed by atoms with E-state index >= 15 is 0 Å². The van der Waals surface area contributed by atoms with Crippen molar-refractivity contribution in [1.29, 1.82) is 5.41 Å². The Kier molecular flexibility index (Phi) is 5.48. The van der Waals surface area contributed by atoms with E-state index in [-0.39, 0.29) is 11.6 Å². The molecular formula is C24H22FN9S. The minimum atomic E-state index is -0.461. The minimum Gasteiger partial charge on any atom is -0.396 e. The number of thiazole rings is 1. The minimum absolute atomic E-state index is 0.249. The summed E-state index contributed by atoms with van der Waals surface area (Å²) in [5.41, 5.74) is 9.48. The van der Waals surface area contributed by atoms with Gasteiger partial charge >= 0.3 is 0 Å². The maximum Gasteiger partial charge on any atom is 0.165 e. The van der Waals surface area contributed by atoms with Crippen LogP contribution in [0.2, 0.25) is 0 Å². The number of rotatable bonds is 5. The average Bonchev–Trinajstić information content (AvgIpc) is 3.51. The summed E-state index contributed by atoms with van der Waals surface area (Å²) in [4.78, 5) is 15.5. The van der Waals surface area contributed by atoms with Gasteiger partial charge in [0.05, 0.1) is 17.5 Å². The number of nitrogens with one attached hydrogen (secondary N) is 1. The third-order valence-corrected chi connectivity index (χ3v) is 6.62. The standard InChI is InChI=1S/C24H22FN9S/c1-12(2)20-23-32-31-14(4)33(23)18-11-29-21(16(10-26)19(27)24-28-7-8-35-24)30-22(18)34(20)15-6-5-13(3)17(25)9-15/h5-11,20,26H,1,27H2,2-4H3/b19-16+,26-10?/t20-/m0/s1. The van der Waals surface area contributed by atoms with Crippen molar-refractivity contribution >= 4 is 40.3 Å². The van der Waals surface area contributed by atoms with Gasteiger partial charge in [0.15, 0.2) is 17.5 Å². The number of nitrogens with two attached hydrogens (primary N) is 1. The third kappa shape index (κ3) is 3.60. The number of aromatic nitrogens is 6. The second kappa shape index (κ2) is 8.51. The molecular weight excluding hydrogens is 465 g/mol. The van der Waals surface area contributed by atoms with E-state index in [2.05, 4.69) is 26.7 Å². The first-order valence-electron chi connectivity index (χ1n) is 10.7. The second-order valence-corrected chi connectivity index (χ2v) is 9.10. The fraction of sp³-hybridized carbons (Fsp3) is 0.167. The van der Waals surface area contributed by atoms with Crippen molar-refractivity contribution in [1.82, 2.24) is 29.7 Å². The van der Waals surface area contributed by atoms with Crippen LogP contribution < -0.4 is 10.6 Å². The fourth-order valence-electron chi connectivity index (χ4n) is 4.10. The van der Waals surface area contributed by atoms with E-state index in [0.717, 1.165) is 11.8 Å². The summed E-state index contributed by atoms with van der Waals surface area (Å²) < 4.78 is 16.6. The Hall–Kier alpha value is -4.25. The average molecular weight is 488 g/mol. The molecule has 0 bridgehead atoms. The van der Waals surface area contributed by atoms with E-state index in [1.54, 1.807) is 30.8 Å². The van der Waals surface area contributed by atoms with Gasteiger partial charge in [0.1, 0.15) is 28.4 Å². The molecule has 11 heteroatoms. The summed E-state index contributed by atoms with van der Waals surface area (Å²) in [6, 6.07) is 4.55. The van der Waals surface area contributed by atoms with Gasteiger partial charge in [0.25, 0.3) is 0 Å². The molecule has 35 heavy (non-hydrogen) atoms. The van der Waals surface area contributed by atoms with Crippen LogP contribution in [0.4, 0.5) is 15.9 Å². The maximum atomic E-state index is 14.7. The lowest BCUT2D eigenvalue weighted by molar-refractivity contribution is 0.615. The van der Waals surface area contributed by atoms with Crippen molar-refractivity contribution in [2.75, 3.05) is 4.90 Å². The van der Waals surface area contributed by atoms with Crippen LogP contribution in [0.1, 0.15) is 41.0 Å². The van der Waals surface area contributed by atoms with Gasteiger partial charge < -0.3 is 16.0 Å². The monoisotopic (exact) mass is 487 g/mol. The van der Waals surface area contributed by atoms with Crippen molar-refractivity contribution in [2.24, 2.45) is 5.73 Å². The zero-order valence-electron chi connectivity index (χ0n) is 19.3. The highest BCUT2D eigenvalue weighted by molar-refractivity contribution is 7.10. The van der Waals surface area contributed by atoms with Crippen LogP contribution in [0, 0.1) is 25.1 Å². The van der Waals surface area contributed by atoms with Crippen molar-refractivity contribution in [3.63, 3.8) is 0 Å². The Labute approximate surface area is 205 Å². The largest absolute Gasteiger partial charge is 0.396 e. The molecule has 0 radical (unpaired) electrons. The second-order valence-electron chi connectivity index (χ2n) is 8.20. The van der Waals surface area contributed by atoms with E-state index in [9.17, 15) is 4.39 Å². The molecule has 4 aromatic rings. The van der Waals surface area contributed by atoms with E-state index in [0.29, 0.717) is 50.7 Å². The number of hydrogen-bond donors (Lipinski definition) is 2. The molecule has 5 rings (SSSR count). The van der Waals surface area contributed by atoms with Crippen LogP contribution in [0.5, 0.6) is 0 Å². The lowest BCUT2D eigenvalue weighted by Crippen LogP contribution is -2.33. The molecule has 0 saturated carbocycles. The molecule has 1 aliphatic heterocycles. The number of fused-ring (bicyclic) bond motifs is 3. The van der Waals surface area contributed by atoms with Gasteiger partial charge in [-0.15, -0.1) is 21.5 Å². The molecule has 3 aromatic heterocycles. The maximum absolute atomic E-state index is 14.7. The summed E-state index contributed by atoms with van der Waals surface area (Å²) in [6.45, 7) is 9.61. The predicted molar refractivity (Wildman–Crippen MR) is 134 cm³/mol. The molecule has 4 heterocycles. The Morgan fingerprint density at radius 1 is 1.26 bits per heavy atom. The smallest absolute Gasteiger partial charge is 0.165 e. The Balaban J connectivity index is 1.79. The Bertz CT molecular complexity index is 1500. The molecule has 0 unspecified atom stereocenters. The van der Waals surface area contributed by atoms with Gasteiger partial charge in [0.2, 0.25) is 0 Å². The first kappa shape index (κ1) is 22.5. The van der Waals surface area contributed by atoms with Gasteiger partial charge in [0, 0.05) is 23.5 Å². The summed E-state index contributed by atoms with van der Waals surface area (Å²) in [6.07, 6.45) is 4.40. The Morgan fingerprint density at radius 3 is 2.71 bits per heavy atom. The van der Waals surface area contributed by atoms with Crippen LogP contribution >= 0.6 is 11.3 Å². The zero-order valence-corrected chi connectivity index (χ0v) is 20.1. The number of benzene rings is 1. The number of anilines is 2. The zero-order chi connectivity index (χ0) is 24.9. The topological polar surface area (TPSA) is 122 Å². The number of hydrogen-bond acceptors (Lipinski definition) is 9. The first-order chi connectivity index (χ1) is 16.8. The lowest BCUT2D eigenvalue weighted by atomic mass is 10.0. The predicted octanol–water partition coefficient (Wildman–Crippen LogP) is 4.52. The van der Waals surface area contributed by atoms with Crippen LogP contribution in [-0.4, -0.2) is 35.9 Å².